The second-order valence-electron chi connectivity index (χ2n) is 4.58. The fourth-order valence-electron chi connectivity index (χ4n) is 2.34. The second kappa shape index (κ2) is 5.60. The number of rotatable bonds is 2. The van der Waals surface area contributed by atoms with Gasteiger partial charge in [0.05, 0.1) is 5.69 Å². The van der Waals surface area contributed by atoms with E-state index in [0.29, 0.717) is 0 Å². The first-order valence-corrected chi connectivity index (χ1v) is 6.22. The standard InChI is InChI=1S/C13H18N4/c1-11-6-7-13(12(10-11)15-16-14)17-8-4-2-3-5-9-17/h6-7,10H,2-5,8-9H2,1H3. The first-order valence-electron chi connectivity index (χ1n) is 6.22. The van der Waals surface area contributed by atoms with Crippen LogP contribution >= 0.6 is 0 Å². The topological polar surface area (TPSA) is 52.0 Å². The molecule has 90 valence electrons. The first kappa shape index (κ1) is 11.8. The summed E-state index contributed by atoms with van der Waals surface area (Å²) in [6, 6.07) is 6.11. The van der Waals surface area contributed by atoms with Crippen LogP contribution in [-0.2, 0) is 0 Å². The normalized spacial score (nSPS) is 16.2. The molecule has 4 heteroatoms. The van der Waals surface area contributed by atoms with Crippen LogP contribution in [-0.4, -0.2) is 13.1 Å². The monoisotopic (exact) mass is 230 g/mol. The summed E-state index contributed by atoms with van der Waals surface area (Å²) in [6.07, 6.45) is 5.06. The van der Waals surface area contributed by atoms with E-state index < -0.39 is 0 Å². The fourth-order valence-corrected chi connectivity index (χ4v) is 2.34. The number of anilines is 1. The van der Waals surface area contributed by atoms with Crippen molar-refractivity contribution in [2.24, 2.45) is 5.11 Å². The van der Waals surface area contributed by atoms with Crippen molar-refractivity contribution in [1.82, 2.24) is 0 Å². The van der Waals surface area contributed by atoms with Crippen LogP contribution < -0.4 is 4.90 Å². The fraction of sp³-hybridized carbons (Fsp3) is 0.538. The minimum Gasteiger partial charge on any atom is -0.371 e. The summed E-state index contributed by atoms with van der Waals surface area (Å²) in [5.41, 5.74) is 11.6. The van der Waals surface area contributed by atoms with Crippen LogP contribution in [0.2, 0.25) is 0 Å². The number of nitrogens with zero attached hydrogens (tertiary/aromatic N) is 4. The van der Waals surface area contributed by atoms with Crippen molar-refractivity contribution < 1.29 is 0 Å². The van der Waals surface area contributed by atoms with Crippen molar-refractivity contribution in [3.8, 4) is 0 Å². The van der Waals surface area contributed by atoms with E-state index in [1.807, 2.05) is 13.0 Å². The number of hydrogen-bond donors (Lipinski definition) is 0. The van der Waals surface area contributed by atoms with Gasteiger partial charge in [0.2, 0.25) is 0 Å². The highest BCUT2D eigenvalue weighted by molar-refractivity contribution is 5.67. The summed E-state index contributed by atoms with van der Waals surface area (Å²) >= 11 is 0. The minimum absolute atomic E-state index is 0.759. The van der Waals surface area contributed by atoms with Crippen molar-refractivity contribution in [3.05, 3.63) is 34.2 Å². The summed E-state index contributed by atoms with van der Waals surface area (Å²) in [5, 5.41) is 3.81. The lowest BCUT2D eigenvalue weighted by atomic mass is 10.1. The van der Waals surface area contributed by atoms with Gasteiger partial charge in [-0.1, -0.05) is 29.6 Å². The molecule has 0 aromatic heterocycles. The van der Waals surface area contributed by atoms with E-state index in [-0.39, 0.29) is 0 Å². The molecule has 1 aliphatic rings. The van der Waals surface area contributed by atoms with Crippen LogP contribution in [0.15, 0.2) is 23.3 Å². The largest absolute Gasteiger partial charge is 0.371 e. The molecule has 0 amide bonds. The summed E-state index contributed by atoms with van der Waals surface area (Å²) in [5.74, 6) is 0. The molecule has 0 N–H and O–H groups in total. The average Bonchev–Trinajstić information content (AvgIpc) is 2.58. The van der Waals surface area contributed by atoms with Crippen LogP contribution in [0.25, 0.3) is 10.4 Å². The Balaban J connectivity index is 2.32. The van der Waals surface area contributed by atoms with Gasteiger partial charge in [-0.25, -0.2) is 0 Å². The molecule has 2 rings (SSSR count). The van der Waals surface area contributed by atoms with E-state index in [2.05, 4.69) is 27.1 Å². The van der Waals surface area contributed by atoms with Gasteiger partial charge >= 0.3 is 0 Å². The van der Waals surface area contributed by atoms with Gasteiger partial charge in [-0.3, -0.25) is 0 Å². The van der Waals surface area contributed by atoms with Crippen LogP contribution in [0.1, 0.15) is 31.2 Å². The summed E-state index contributed by atoms with van der Waals surface area (Å²) < 4.78 is 0. The van der Waals surface area contributed by atoms with E-state index >= 15 is 0 Å². The molecule has 17 heavy (non-hydrogen) atoms. The Kier molecular flexibility index (Phi) is 3.89. The summed E-state index contributed by atoms with van der Waals surface area (Å²) in [6.45, 7) is 4.15. The SMILES string of the molecule is Cc1ccc(N2CCCCCC2)c(N=[N+]=[N-])c1. The molecular weight excluding hydrogens is 212 g/mol. The lowest BCUT2D eigenvalue weighted by molar-refractivity contribution is 0.726. The van der Waals surface area contributed by atoms with Crippen LogP contribution in [0.3, 0.4) is 0 Å². The molecule has 4 nitrogen and oxygen atoms in total. The third kappa shape index (κ3) is 2.92. The van der Waals surface area contributed by atoms with Crippen LogP contribution in [0, 0.1) is 6.92 Å². The average molecular weight is 230 g/mol. The molecule has 1 aliphatic heterocycles. The quantitative estimate of drug-likeness (QED) is 0.424. The molecular formula is C13H18N4. The van der Waals surface area contributed by atoms with Crippen molar-refractivity contribution in [2.45, 2.75) is 32.6 Å². The Bertz CT molecular complexity index is 427. The molecule has 0 aliphatic carbocycles. The Hall–Kier alpha value is -1.67. The second-order valence-corrected chi connectivity index (χ2v) is 4.58. The van der Waals surface area contributed by atoms with E-state index in [9.17, 15) is 0 Å². The minimum atomic E-state index is 0.759. The zero-order valence-electron chi connectivity index (χ0n) is 10.3. The molecule has 0 bridgehead atoms. The van der Waals surface area contributed by atoms with Crippen LogP contribution in [0.5, 0.6) is 0 Å². The van der Waals surface area contributed by atoms with E-state index in [4.69, 9.17) is 5.53 Å². The van der Waals surface area contributed by atoms with Gasteiger partial charge in [-0.2, -0.15) is 0 Å². The smallest absolute Gasteiger partial charge is 0.0611 e. The molecule has 0 atom stereocenters. The number of hydrogen-bond acceptors (Lipinski definition) is 2. The van der Waals surface area contributed by atoms with Crippen molar-refractivity contribution in [2.75, 3.05) is 18.0 Å². The van der Waals surface area contributed by atoms with Crippen LogP contribution in [0.4, 0.5) is 11.4 Å². The number of aryl methyl sites for hydroxylation is 1. The molecule has 1 saturated heterocycles. The van der Waals surface area contributed by atoms with Crippen molar-refractivity contribution in [3.63, 3.8) is 0 Å². The lowest BCUT2D eigenvalue weighted by Gasteiger charge is -2.24. The number of azide groups is 1. The Morgan fingerprint density at radius 2 is 1.88 bits per heavy atom. The summed E-state index contributed by atoms with van der Waals surface area (Å²) in [4.78, 5) is 5.27. The molecule has 1 fully saturated rings. The van der Waals surface area contributed by atoms with Crippen molar-refractivity contribution >= 4 is 11.4 Å². The number of benzene rings is 1. The molecule has 0 saturated carbocycles. The Morgan fingerprint density at radius 3 is 2.53 bits per heavy atom. The Labute approximate surface area is 102 Å². The first-order chi connectivity index (χ1) is 8.31. The molecule has 0 radical (unpaired) electrons. The van der Waals surface area contributed by atoms with E-state index in [0.717, 1.165) is 30.0 Å². The third-order valence-corrected chi connectivity index (χ3v) is 3.23. The highest BCUT2D eigenvalue weighted by Gasteiger charge is 2.12. The summed E-state index contributed by atoms with van der Waals surface area (Å²) in [7, 11) is 0. The maximum absolute atomic E-state index is 8.63. The maximum atomic E-state index is 8.63. The van der Waals surface area contributed by atoms with Gasteiger partial charge in [-0.15, -0.1) is 0 Å². The zero-order valence-corrected chi connectivity index (χ0v) is 10.3. The lowest BCUT2D eigenvalue weighted by Crippen LogP contribution is -2.23. The van der Waals surface area contributed by atoms with Gasteiger partial charge in [0, 0.05) is 23.7 Å². The van der Waals surface area contributed by atoms with Crippen molar-refractivity contribution in [1.29, 1.82) is 0 Å². The van der Waals surface area contributed by atoms with Gasteiger partial charge in [0.1, 0.15) is 0 Å². The predicted molar refractivity (Wildman–Crippen MR) is 70.7 cm³/mol. The molecule has 0 spiro atoms. The third-order valence-electron chi connectivity index (χ3n) is 3.23. The highest BCUT2D eigenvalue weighted by atomic mass is 15.2. The van der Waals surface area contributed by atoms with E-state index in [1.165, 1.54) is 25.7 Å². The van der Waals surface area contributed by atoms with Gasteiger partial charge in [-0.05, 0) is 37.4 Å². The molecule has 1 heterocycles. The van der Waals surface area contributed by atoms with Gasteiger partial charge in [0.15, 0.2) is 0 Å². The van der Waals surface area contributed by atoms with Gasteiger partial charge < -0.3 is 4.90 Å². The van der Waals surface area contributed by atoms with E-state index in [1.54, 1.807) is 0 Å². The zero-order chi connectivity index (χ0) is 12.1. The van der Waals surface area contributed by atoms with Gasteiger partial charge in [0.25, 0.3) is 0 Å². The predicted octanol–water partition coefficient (Wildman–Crippen LogP) is 4.32. The highest BCUT2D eigenvalue weighted by Crippen LogP contribution is 2.31. The maximum Gasteiger partial charge on any atom is 0.0611 e. The molecule has 0 unspecified atom stereocenters. The molecule has 1 aromatic rings. The Morgan fingerprint density at radius 1 is 1.18 bits per heavy atom. The molecule has 1 aromatic carbocycles.